The highest BCUT2D eigenvalue weighted by atomic mass is 79.9. The van der Waals surface area contributed by atoms with E-state index in [0.29, 0.717) is 11.3 Å². The number of allylic oxidation sites excluding steroid dienone is 1. The quantitative estimate of drug-likeness (QED) is 0.810. The minimum atomic E-state index is -1.84. The number of hydrogen-bond donors (Lipinski definition) is 2. The summed E-state index contributed by atoms with van der Waals surface area (Å²) in [6, 6.07) is 14.5. The summed E-state index contributed by atoms with van der Waals surface area (Å²) in [4.78, 5) is 24.3. The predicted molar refractivity (Wildman–Crippen MR) is 91.8 cm³/mol. The first-order valence-corrected chi connectivity index (χ1v) is 7.88. The Labute approximate surface area is 142 Å². The number of anilines is 1. The summed E-state index contributed by atoms with van der Waals surface area (Å²) in [6.45, 7) is 0. The van der Waals surface area contributed by atoms with E-state index in [1.807, 2.05) is 30.3 Å². The molecule has 0 radical (unpaired) electrons. The number of ketones is 1. The number of hydrogen-bond acceptors (Lipinski definition) is 3. The Morgan fingerprint density at radius 1 is 1.22 bits per heavy atom. The number of carbonyl (C=O) groups excluding carboxylic acids is 2. The second-order valence-corrected chi connectivity index (χ2v) is 6.31. The molecule has 0 saturated carbocycles. The minimum Gasteiger partial charge on any atom is -0.375 e. The molecule has 0 aliphatic carbocycles. The molecule has 0 spiro atoms. The van der Waals surface area contributed by atoms with Crippen molar-refractivity contribution in [1.82, 2.24) is 0 Å². The van der Waals surface area contributed by atoms with Gasteiger partial charge in [0.25, 0.3) is 5.91 Å². The lowest BCUT2D eigenvalue weighted by atomic mass is 9.90. The first kappa shape index (κ1) is 15.6. The van der Waals surface area contributed by atoms with Crippen molar-refractivity contribution in [2.75, 3.05) is 5.32 Å². The molecule has 0 aromatic heterocycles. The molecular formula is C18H14BrNO3. The Morgan fingerprint density at radius 3 is 2.70 bits per heavy atom. The van der Waals surface area contributed by atoms with Crippen molar-refractivity contribution >= 4 is 39.4 Å². The summed E-state index contributed by atoms with van der Waals surface area (Å²) in [5.41, 5.74) is -0.0113. The number of carbonyl (C=O) groups is 2. The average Bonchev–Trinajstić information content (AvgIpc) is 2.78. The van der Waals surface area contributed by atoms with Crippen molar-refractivity contribution in [3.8, 4) is 0 Å². The molecule has 0 fully saturated rings. The van der Waals surface area contributed by atoms with Gasteiger partial charge in [-0.1, -0.05) is 52.3 Å². The van der Waals surface area contributed by atoms with E-state index in [4.69, 9.17) is 0 Å². The number of nitrogens with one attached hydrogen (secondary N) is 1. The largest absolute Gasteiger partial charge is 0.375 e. The van der Waals surface area contributed by atoms with E-state index in [1.165, 1.54) is 6.08 Å². The smallest absolute Gasteiger partial charge is 0.261 e. The molecule has 3 rings (SSSR count). The van der Waals surface area contributed by atoms with Crippen LogP contribution in [0.4, 0.5) is 5.69 Å². The van der Waals surface area contributed by atoms with Crippen molar-refractivity contribution in [2.24, 2.45) is 0 Å². The molecule has 1 aliphatic rings. The van der Waals surface area contributed by atoms with Gasteiger partial charge in [0.05, 0.1) is 6.42 Å². The summed E-state index contributed by atoms with van der Waals surface area (Å²) in [5, 5.41) is 13.3. The summed E-state index contributed by atoms with van der Waals surface area (Å²) >= 11 is 3.31. The Balaban J connectivity index is 1.82. The molecule has 1 heterocycles. The highest BCUT2D eigenvalue weighted by molar-refractivity contribution is 9.10. The molecule has 1 aliphatic heterocycles. The predicted octanol–water partition coefficient (Wildman–Crippen LogP) is 3.26. The highest BCUT2D eigenvalue weighted by Gasteiger charge is 2.46. The van der Waals surface area contributed by atoms with E-state index >= 15 is 0 Å². The summed E-state index contributed by atoms with van der Waals surface area (Å²) in [7, 11) is 0. The van der Waals surface area contributed by atoms with Gasteiger partial charge in [0, 0.05) is 15.7 Å². The molecule has 23 heavy (non-hydrogen) atoms. The summed E-state index contributed by atoms with van der Waals surface area (Å²) < 4.78 is 0.735. The third-order valence-electron chi connectivity index (χ3n) is 3.74. The van der Waals surface area contributed by atoms with Crippen LogP contribution >= 0.6 is 15.9 Å². The highest BCUT2D eigenvalue weighted by Crippen LogP contribution is 2.39. The second-order valence-electron chi connectivity index (χ2n) is 5.39. The Kier molecular flexibility index (Phi) is 4.15. The molecule has 116 valence electrons. The van der Waals surface area contributed by atoms with E-state index in [2.05, 4.69) is 21.2 Å². The van der Waals surface area contributed by atoms with Gasteiger partial charge in [-0.25, -0.2) is 0 Å². The van der Waals surface area contributed by atoms with Crippen molar-refractivity contribution in [3.63, 3.8) is 0 Å². The zero-order chi connectivity index (χ0) is 16.4. The van der Waals surface area contributed by atoms with Crippen LogP contribution in [0.5, 0.6) is 0 Å². The lowest BCUT2D eigenvalue weighted by molar-refractivity contribution is -0.138. The maximum absolute atomic E-state index is 12.2. The van der Waals surface area contributed by atoms with Gasteiger partial charge in [-0.15, -0.1) is 0 Å². The van der Waals surface area contributed by atoms with Crippen LogP contribution in [-0.2, 0) is 15.2 Å². The summed E-state index contributed by atoms with van der Waals surface area (Å²) in [6.07, 6.45) is 2.75. The molecule has 4 nitrogen and oxygen atoms in total. The van der Waals surface area contributed by atoms with Gasteiger partial charge in [0.2, 0.25) is 0 Å². The molecule has 2 N–H and O–H groups in total. The SMILES string of the molecule is O=C(/C=C\c1ccccc1)C[C@]1(O)C(=O)Nc2ccc(Br)cc21. The minimum absolute atomic E-state index is 0.300. The monoisotopic (exact) mass is 371 g/mol. The number of fused-ring (bicyclic) bond motifs is 1. The Bertz CT molecular complexity index is 801. The summed E-state index contributed by atoms with van der Waals surface area (Å²) in [5.74, 6) is -0.897. The van der Waals surface area contributed by atoms with Crippen molar-refractivity contribution < 1.29 is 14.7 Å². The van der Waals surface area contributed by atoms with Gasteiger partial charge in [-0.2, -0.15) is 0 Å². The molecule has 0 saturated heterocycles. The normalized spacial score (nSPS) is 19.7. The Hall–Kier alpha value is -2.24. The van der Waals surface area contributed by atoms with Crippen LogP contribution in [0.15, 0.2) is 59.1 Å². The fourth-order valence-electron chi connectivity index (χ4n) is 2.56. The van der Waals surface area contributed by atoms with E-state index in [0.717, 1.165) is 10.0 Å². The standard InChI is InChI=1S/C18H14BrNO3/c19-13-7-9-16-15(10-13)18(23,17(22)20-16)11-14(21)8-6-12-4-2-1-3-5-12/h1-10,23H,11H2,(H,20,22)/b8-6-/t18-/m1/s1. The lowest BCUT2D eigenvalue weighted by Crippen LogP contribution is -2.36. The van der Waals surface area contributed by atoms with Crippen molar-refractivity contribution in [1.29, 1.82) is 0 Å². The fraction of sp³-hybridized carbons (Fsp3) is 0.111. The van der Waals surface area contributed by atoms with Gasteiger partial charge in [-0.05, 0) is 29.8 Å². The molecule has 5 heteroatoms. The number of amides is 1. The number of rotatable bonds is 4. The third kappa shape index (κ3) is 3.11. The Morgan fingerprint density at radius 2 is 1.96 bits per heavy atom. The van der Waals surface area contributed by atoms with Crippen LogP contribution in [0.25, 0.3) is 6.08 Å². The van der Waals surface area contributed by atoms with Crippen LogP contribution in [0.1, 0.15) is 17.5 Å². The van der Waals surface area contributed by atoms with Gasteiger partial charge in [0.15, 0.2) is 11.4 Å². The fourth-order valence-corrected chi connectivity index (χ4v) is 2.92. The zero-order valence-corrected chi connectivity index (χ0v) is 13.7. The number of halogens is 1. The molecule has 2 aromatic rings. The van der Waals surface area contributed by atoms with Crippen LogP contribution in [-0.4, -0.2) is 16.8 Å². The van der Waals surface area contributed by atoms with E-state index in [-0.39, 0.29) is 12.2 Å². The van der Waals surface area contributed by atoms with E-state index in [9.17, 15) is 14.7 Å². The number of benzene rings is 2. The molecule has 2 aromatic carbocycles. The van der Waals surface area contributed by atoms with Crippen molar-refractivity contribution in [2.45, 2.75) is 12.0 Å². The first-order chi connectivity index (χ1) is 11.0. The van der Waals surface area contributed by atoms with Crippen LogP contribution in [0.3, 0.4) is 0 Å². The van der Waals surface area contributed by atoms with Gasteiger partial charge in [-0.3, -0.25) is 9.59 Å². The topological polar surface area (TPSA) is 66.4 Å². The average molecular weight is 372 g/mol. The van der Waals surface area contributed by atoms with Crippen LogP contribution in [0, 0.1) is 0 Å². The molecule has 1 atom stereocenters. The second kappa shape index (κ2) is 6.10. The first-order valence-electron chi connectivity index (χ1n) is 7.09. The third-order valence-corrected chi connectivity index (χ3v) is 4.24. The molecule has 0 unspecified atom stereocenters. The maximum Gasteiger partial charge on any atom is 0.261 e. The zero-order valence-electron chi connectivity index (χ0n) is 12.1. The molecule has 1 amide bonds. The van der Waals surface area contributed by atoms with Gasteiger partial charge < -0.3 is 10.4 Å². The maximum atomic E-state index is 12.2. The number of aliphatic hydroxyl groups is 1. The van der Waals surface area contributed by atoms with Crippen LogP contribution < -0.4 is 5.32 Å². The van der Waals surface area contributed by atoms with Crippen LogP contribution in [0.2, 0.25) is 0 Å². The lowest BCUT2D eigenvalue weighted by Gasteiger charge is -2.19. The van der Waals surface area contributed by atoms with Gasteiger partial charge in [0.1, 0.15) is 0 Å². The van der Waals surface area contributed by atoms with E-state index in [1.54, 1.807) is 24.3 Å². The van der Waals surface area contributed by atoms with E-state index < -0.39 is 11.5 Å². The molecule has 0 bridgehead atoms. The molecular weight excluding hydrogens is 358 g/mol. The van der Waals surface area contributed by atoms with Crippen molar-refractivity contribution in [3.05, 3.63) is 70.2 Å². The van der Waals surface area contributed by atoms with Gasteiger partial charge >= 0.3 is 0 Å².